The molecular weight excluding hydrogens is 364 g/mol. The Balaban J connectivity index is 1.50. The average molecular weight is 389 g/mol. The highest BCUT2D eigenvalue weighted by Gasteiger charge is 2.22. The van der Waals surface area contributed by atoms with Crippen LogP contribution in [0.3, 0.4) is 0 Å². The highest BCUT2D eigenvalue weighted by Crippen LogP contribution is 2.25. The van der Waals surface area contributed by atoms with E-state index in [2.05, 4.69) is 63.4 Å². The molecule has 0 radical (unpaired) electrons. The first-order valence-electron chi connectivity index (χ1n) is 8.61. The first-order valence-corrected chi connectivity index (χ1v) is 9.41. The summed E-state index contributed by atoms with van der Waals surface area (Å²) in [5.74, 6) is 0.918. The Kier molecular flexibility index (Phi) is 6.30. The zero-order valence-electron chi connectivity index (χ0n) is 14.1. The van der Waals surface area contributed by atoms with Gasteiger partial charge in [0.15, 0.2) is 0 Å². The molecule has 1 fully saturated rings. The molecule has 2 aromatic rings. The minimum absolute atomic E-state index is 0.179. The predicted octanol–water partition coefficient (Wildman–Crippen LogP) is 4.08. The summed E-state index contributed by atoms with van der Waals surface area (Å²) in [5, 5.41) is 3.63. The first-order chi connectivity index (χ1) is 11.7. The average Bonchev–Trinajstić information content (AvgIpc) is 2.58. The van der Waals surface area contributed by atoms with Crippen molar-refractivity contribution in [3.8, 4) is 5.75 Å². The van der Waals surface area contributed by atoms with Crippen LogP contribution in [0, 0.1) is 0 Å². The summed E-state index contributed by atoms with van der Waals surface area (Å²) in [5.41, 5.74) is 1.38. The molecule has 128 valence electrons. The molecule has 1 unspecified atom stereocenters. The van der Waals surface area contributed by atoms with E-state index in [1.807, 2.05) is 24.3 Å². The molecular formula is C20H25BrN2O. The molecule has 1 heterocycles. The molecule has 1 aliphatic rings. The van der Waals surface area contributed by atoms with Gasteiger partial charge in [-0.2, -0.15) is 0 Å². The maximum atomic E-state index is 6.10. The van der Waals surface area contributed by atoms with Crippen LogP contribution in [0.15, 0.2) is 59.1 Å². The van der Waals surface area contributed by atoms with Gasteiger partial charge in [0.25, 0.3) is 0 Å². The third kappa shape index (κ3) is 5.07. The lowest BCUT2D eigenvalue weighted by molar-refractivity contribution is 0.141. The number of hydrogen-bond acceptors (Lipinski definition) is 3. The fourth-order valence-corrected chi connectivity index (χ4v) is 3.62. The second-order valence-corrected chi connectivity index (χ2v) is 7.32. The Morgan fingerprint density at radius 3 is 2.71 bits per heavy atom. The summed E-state index contributed by atoms with van der Waals surface area (Å²) >= 11 is 3.55. The number of halogens is 1. The van der Waals surface area contributed by atoms with E-state index in [0.29, 0.717) is 6.04 Å². The molecule has 1 aliphatic heterocycles. The van der Waals surface area contributed by atoms with Crippen LogP contribution in [-0.4, -0.2) is 36.7 Å². The van der Waals surface area contributed by atoms with Gasteiger partial charge in [-0.1, -0.05) is 42.5 Å². The summed E-state index contributed by atoms with van der Waals surface area (Å²) in [6, 6.07) is 19.2. The summed E-state index contributed by atoms with van der Waals surface area (Å²) in [6.07, 6.45) is 1.19. The molecule has 3 rings (SSSR count). The number of para-hydroxylation sites is 1. The lowest BCUT2D eigenvalue weighted by Gasteiger charge is -2.35. The zero-order chi connectivity index (χ0) is 16.8. The Bertz CT molecular complexity index is 635. The summed E-state index contributed by atoms with van der Waals surface area (Å²) < 4.78 is 7.11. The Hall–Kier alpha value is -1.36. The third-order valence-electron chi connectivity index (χ3n) is 4.37. The molecule has 2 atom stereocenters. The van der Waals surface area contributed by atoms with E-state index in [4.69, 9.17) is 4.74 Å². The normalized spacial score (nSPS) is 19.8. The van der Waals surface area contributed by atoms with E-state index in [-0.39, 0.29) is 6.10 Å². The maximum Gasteiger partial charge on any atom is 0.133 e. The van der Waals surface area contributed by atoms with Crippen LogP contribution < -0.4 is 10.1 Å². The molecule has 1 N–H and O–H groups in total. The van der Waals surface area contributed by atoms with Crippen LogP contribution >= 0.6 is 15.9 Å². The van der Waals surface area contributed by atoms with Crippen molar-refractivity contribution < 1.29 is 4.74 Å². The Labute approximate surface area is 153 Å². The largest absolute Gasteiger partial charge is 0.489 e. The second-order valence-electron chi connectivity index (χ2n) is 6.47. The molecule has 4 heteroatoms. The molecule has 0 saturated carbocycles. The van der Waals surface area contributed by atoms with Crippen LogP contribution in [0.4, 0.5) is 0 Å². The van der Waals surface area contributed by atoms with Crippen molar-refractivity contribution in [3.63, 3.8) is 0 Å². The lowest BCUT2D eigenvalue weighted by Crippen LogP contribution is -2.51. The number of piperazine rings is 1. The van der Waals surface area contributed by atoms with Gasteiger partial charge in [0.05, 0.1) is 10.6 Å². The molecule has 0 aliphatic carbocycles. The van der Waals surface area contributed by atoms with Crippen molar-refractivity contribution in [1.29, 1.82) is 0 Å². The summed E-state index contributed by atoms with van der Waals surface area (Å²) in [7, 11) is 0. The molecule has 1 saturated heterocycles. The van der Waals surface area contributed by atoms with Crippen LogP contribution in [0.2, 0.25) is 0 Å². The minimum Gasteiger partial charge on any atom is -0.489 e. The van der Waals surface area contributed by atoms with Crippen LogP contribution in [0.5, 0.6) is 5.75 Å². The van der Waals surface area contributed by atoms with Crippen LogP contribution in [0.25, 0.3) is 0 Å². The maximum absolute atomic E-state index is 6.10. The lowest BCUT2D eigenvalue weighted by atomic mass is 10.1. The van der Waals surface area contributed by atoms with Crippen molar-refractivity contribution in [2.24, 2.45) is 0 Å². The van der Waals surface area contributed by atoms with Gasteiger partial charge >= 0.3 is 0 Å². The van der Waals surface area contributed by atoms with Gasteiger partial charge in [0.2, 0.25) is 0 Å². The van der Waals surface area contributed by atoms with Gasteiger partial charge in [-0.15, -0.1) is 0 Å². The first kappa shape index (κ1) is 17.5. The number of rotatable bonds is 6. The number of hydrogen-bond donors (Lipinski definition) is 1. The van der Waals surface area contributed by atoms with E-state index in [0.717, 1.165) is 42.8 Å². The van der Waals surface area contributed by atoms with Crippen molar-refractivity contribution in [2.45, 2.75) is 32.0 Å². The molecule has 0 aromatic heterocycles. The monoisotopic (exact) mass is 388 g/mol. The topological polar surface area (TPSA) is 24.5 Å². The van der Waals surface area contributed by atoms with Gasteiger partial charge < -0.3 is 10.1 Å². The smallest absolute Gasteiger partial charge is 0.133 e. The molecule has 3 nitrogen and oxygen atoms in total. The molecule has 0 spiro atoms. The number of nitrogens with one attached hydrogen (secondary N) is 1. The molecule has 0 amide bonds. The van der Waals surface area contributed by atoms with Crippen molar-refractivity contribution in [3.05, 3.63) is 64.6 Å². The Morgan fingerprint density at radius 1 is 1.17 bits per heavy atom. The minimum atomic E-state index is 0.179. The van der Waals surface area contributed by atoms with Crippen LogP contribution in [-0.2, 0) is 6.54 Å². The van der Waals surface area contributed by atoms with E-state index in [1.54, 1.807) is 0 Å². The fraction of sp³-hybridized carbons (Fsp3) is 0.400. The van der Waals surface area contributed by atoms with E-state index in [9.17, 15) is 0 Å². The van der Waals surface area contributed by atoms with Gasteiger partial charge in [0, 0.05) is 38.6 Å². The van der Waals surface area contributed by atoms with Gasteiger partial charge in [0.1, 0.15) is 5.75 Å². The third-order valence-corrected chi connectivity index (χ3v) is 5.03. The van der Waals surface area contributed by atoms with Crippen molar-refractivity contribution >= 4 is 15.9 Å². The van der Waals surface area contributed by atoms with Gasteiger partial charge in [-0.05, 0) is 40.5 Å². The SMILES string of the molecule is CC(C[C@H]1CN(Cc2ccccc2)CCN1)Oc1ccccc1Br. The molecule has 24 heavy (non-hydrogen) atoms. The van der Waals surface area contributed by atoms with E-state index < -0.39 is 0 Å². The highest BCUT2D eigenvalue weighted by molar-refractivity contribution is 9.10. The second kappa shape index (κ2) is 8.65. The molecule has 0 bridgehead atoms. The summed E-state index contributed by atoms with van der Waals surface area (Å²) in [4.78, 5) is 2.53. The number of ether oxygens (including phenoxy) is 1. The number of benzene rings is 2. The standard InChI is InChI=1S/C20H25BrN2O/c1-16(24-20-10-6-5-9-19(20)21)13-18-15-23(12-11-22-18)14-17-7-3-2-4-8-17/h2-10,16,18,22H,11-15H2,1H3/t16?,18-/m0/s1. The van der Waals surface area contributed by atoms with Crippen molar-refractivity contribution in [1.82, 2.24) is 10.2 Å². The van der Waals surface area contributed by atoms with Gasteiger partial charge in [-0.25, -0.2) is 0 Å². The van der Waals surface area contributed by atoms with E-state index in [1.165, 1.54) is 5.56 Å². The fourth-order valence-electron chi connectivity index (χ4n) is 3.24. The Morgan fingerprint density at radius 2 is 1.92 bits per heavy atom. The predicted molar refractivity (Wildman–Crippen MR) is 102 cm³/mol. The van der Waals surface area contributed by atoms with E-state index >= 15 is 0 Å². The molecule has 2 aromatic carbocycles. The number of nitrogens with zero attached hydrogens (tertiary/aromatic N) is 1. The van der Waals surface area contributed by atoms with Gasteiger partial charge in [-0.3, -0.25) is 4.90 Å². The highest BCUT2D eigenvalue weighted by atomic mass is 79.9. The van der Waals surface area contributed by atoms with Crippen molar-refractivity contribution in [2.75, 3.05) is 19.6 Å². The van der Waals surface area contributed by atoms with Crippen LogP contribution in [0.1, 0.15) is 18.9 Å². The quantitative estimate of drug-likeness (QED) is 0.806. The summed E-state index contributed by atoms with van der Waals surface area (Å²) in [6.45, 7) is 6.39. The zero-order valence-corrected chi connectivity index (χ0v) is 15.7.